The smallest absolute Gasteiger partial charge is 0.257 e. The topological polar surface area (TPSA) is 68.9 Å². The van der Waals surface area contributed by atoms with Gasteiger partial charge in [0.05, 0.1) is 11.6 Å². The molecule has 0 aliphatic heterocycles. The summed E-state index contributed by atoms with van der Waals surface area (Å²) < 4.78 is 16.8. The lowest BCUT2D eigenvalue weighted by atomic mass is 10.2. The zero-order valence-electron chi connectivity index (χ0n) is 12.7. The maximum Gasteiger partial charge on any atom is 0.257 e. The van der Waals surface area contributed by atoms with Gasteiger partial charge in [0.15, 0.2) is 0 Å². The Balaban J connectivity index is 1.91. The van der Waals surface area contributed by atoms with Crippen molar-refractivity contribution in [1.29, 1.82) is 0 Å². The third-order valence-corrected chi connectivity index (χ3v) is 3.70. The lowest BCUT2D eigenvalue weighted by Crippen LogP contribution is -2.29. The Morgan fingerprint density at radius 3 is 2.78 bits per heavy atom. The van der Waals surface area contributed by atoms with Crippen LogP contribution in [-0.4, -0.2) is 20.3 Å². The Labute approximate surface area is 131 Å². The van der Waals surface area contributed by atoms with E-state index >= 15 is 0 Å². The van der Waals surface area contributed by atoms with Crippen molar-refractivity contribution in [2.75, 3.05) is 0 Å². The number of aryl methyl sites for hydroxylation is 2. The van der Waals surface area contributed by atoms with E-state index < -0.39 is 17.2 Å². The van der Waals surface area contributed by atoms with Crippen molar-refractivity contribution in [2.24, 2.45) is 14.1 Å². The number of carbonyl (C=O) groups excluding carboxylic acids is 1. The van der Waals surface area contributed by atoms with Gasteiger partial charge in [-0.2, -0.15) is 5.10 Å². The molecule has 2 aromatic heterocycles. The van der Waals surface area contributed by atoms with Gasteiger partial charge in [-0.1, -0.05) is 18.2 Å². The van der Waals surface area contributed by atoms with E-state index in [0.717, 1.165) is 0 Å². The highest BCUT2D eigenvalue weighted by atomic mass is 19.1. The molecule has 3 rings (SSSR count). The average molecular weight is 314 g/mol. The third-order valence-electron chi connectivity index (χ3n) is 3.70. The predicted molar refractivity (Wildman–Crippen MR) is 83.5 cm³/mol. The predicted octanol–water partition coefficient (Wildman–Crippen LogP) is 1.34. The molecule has 0 saturated heterocycles. The zero-order chi connectivity index (χ0) is 16.6. The maximum atomic E-state index is 13.6. The second-order valence-corrected chi connectivity index (χ2v) is 5.26. The van der Waals surface area contributed by atoms with E-state index in [2.05, 4.69) is 10.4 Å². The van der Waals surface area contributed by atoms with Crippen molar-refractivity contribution in [2.45, 2.75) is 6.54 Å². The van der Waals surface area contributed by atoms with Gasteiger partial charge in [0, 0.05) is 32.4 Å². The summed E-state index contributed by atoms with van der Waals surface area (Å²) in [7, 11) is 3.46. The lowest BCUT2D eigenvalue weighted by molar-refractivity contribution is 0.0949. The Morgan fingerprint density at radius 2 is 2.04 bits per heavy atom. The molecule has 1 N–H and O–H groups in total. The van der Waals surface area contributed by atoms with Crippen molar-refractivity contribution < 1.29 is 9.18 Å². The number of halogens is 1. The Bertz CT molecular complexity index is 958. The van der Waals surface area contributed by atoms with E-state index in [1.54, 1.807) is 41.5 Å². The molecule has 7 heteroatoms. The van der Waals surface area contributed by atoms with Crippen molar-refractivity contribution in [3.05, 3.63) is 63.8 Å². The summed E-state index contributed by atoms with van der Waals surface area (Å²) in [4.78, 5) is 24.7. The molecule has 0 saturated carbocycles. The molecule has 0 atom stereocenters. The van der Waals surface area contributed by atoms with Crippen LogP contribution in [0, 0.1) is 5.82 Å². The normalized spacial score (nSPS) is 10.9. The molecular weight excluding hydrogens is 299 g/mol. The molecule has 1 amide bonds. The first kappa shape index (κ1) is 15.0. The van der Waals surface area contributed by atoms with Crippen LogP contribution < -0.4 is 10.7 Å². The van der Waals surface area contributed by atoms with Crippen molar-refractivity contribution in [3.63, 3.8) is 0 Å². The molecule has 23 heavy (non-hydrogen) atoms. The monoisotopic (exact) mass is 314 g/mol. The molecule has 2 heterocycles. The molecule has 1 aromatic carbocycles. The minimum absolute atomic E-state index is 0.00402. The summed E-state index contributed by atoms with van der Waals surface area (Å²) in [5.41, 5.74) is 0.599. The van der Waals surface area contributed by atoms with Crippen LogP contribution in [0.25, 0.3) is 11.0 Å². The molecule has 0 unspecified atom stereocenters. The summed E-state index contributed by atoms with van der Waals surface area (Å²) in [6.07, 6.45) is 2.90. The largest absolute Gasteiger partial charge is 0.348 e. The lowest BCUT2D eigenvalue weighted by Gasteiger charge is -2.09. The summed E-state index contributed by atoms with van der Waals surface area (Å²) in [5, 5.41) is 6.98. The maximum absolute atomic E-state index is 13.6. The van der Waals surface area contributed by atoms with E-state index in [9.17, 15) is 14.0 Å². The number of carbonyl (C=O) groups is 1. The van der Waals surface area contributed by atoms with Gasteiger partial charge in [-0.25, -0.2) is 4.39 Å². The fourth-order valence-corrected chi connectivity index (χ4v) is 2.54. The quantitative estimate of drug-likeness (QED) is 0.793. The van der Waals surface area contributed by atoms with Gasteiger partial charge >= 0.3 is 0 Å². The number of nitrogens with one attached hydrogen (secondary N) is 1. The van der Waals surface area contributed by atoms with Crippen LogP contribution in [0.1, 0.15) is 15.9 Å². The minimum atomic E-state index is -0.542. The van der Waals surface area contributed by atoms with E-state index in [0.29, 0.717) is 16.6 Å². The number of pyridine rings is 1. The molecule has 0 fully saturated rings. The molecule has 0 spiro atoms. The number of benzene rings is 1. The highest BCUT2D eigenvalue weighted by molar-refractivity contribution is 5.96. The Hall–Kier alpha value is -2.96. The van der Waals surface area contributed by atoms with Crippen LogP contribution in [0.3, 0.4) is 0 Å². The Kier molecular flexibility index (Phi) is 3.69. The molecular formula is C16H15FN4O2. The minimum Gasteiger partial charge on any atom is -0.348 e. The van der Waals surface area contributed by atoms with E-state index in [1.807, 2.05) is 0 Å². The van der Waals surface area contributed by atoms with Gasteiger partial charge in [-0.05, 0) is 6.07 Å². The van der Waals surface area contributed by atoms with Gasteiger partial charge in [0.2, 0.25) is 5.43 Å². The fraction of sp³-hybridized carbons (Fsp3) is 0.188. The number of rotatable bonds is 3. The van der Waals surface area contributed by atoms with Crippen LogP contribution in [0.5, 0.6) is 0 Å². The number of fused-ring (bicyclic) bond motifs is 1. The fourth-order valence-electron chi connectivity index (χ4n) is 2.54. The van der Waals surface area contributed by atoms with E-state index in [4.69, 9.17) is 0 Å². The number of aromatic nitrogens is 3. The van der Waals surface area contributed by atoms with Gasteiger partial charge < -0.3 is 9.88 Å². The summed E-state index contributed by atoms with van der Waals surface area (Å²) >= 11 is 0. The van der Waals surface area contributed by atoms with E-state index in [-0.39, 0.29) is 12.1 Å². The van der Waals surface area contributed by atoms with Crippen LogP contribution in [-0.2, 0) is 20.6 Å². The molecule has 0 radical (unpaired) electrons. The molecule has 0 bridgehead atoms. The summed E-state index contributed by atoms with van der Waals surface area (Å²) in [5.74, 6) is -0.942. The van der Waals surface area contributed by atoms with Crippen molar-refractivity contribution in [1.82, 2.24) is 19.7 Å². The standard InChI is InChI=1S/C16H15FN4O2/c1-20-9-12(14(22)11-8-19-21(2)16(11)20)15(23)18-7-10-5-3-4-6-13(10)17/h3-6,8-9H,7H2,1-2H3,(H,18,23). The Morgan fingerprint density at radius 1 is 1.30 bits per heavy atom. The number of hydrogen-bond acceptors (Lipinski definition) is 3. The average Bonchev–Trinajstić information content (AvgIpc) is 2.92. The van der Waals surface area contributed by atoms with Gasteiger partial charge in [0.1, 0.15) is 17.0 Å². The molecule has 0 aliphatic carbocycles. The molecule has 0 aliphatic rings. The first-order valence-electron chi connectivity index (χ1n) is 7.02. The molecule has 3 aromatic rings. The highest BCUT2D eigenvalue weighted by Crippen LogP contribution is 2.10. The second-order valence-electron chi connectivity index (χ2n) is 5.26. The third kappa shape index (κ3) is 2.61. The zero-order valence-corrected chi connectivity index (χ0v) is 12.7. The first-order valence-corrected chi connectivity index (χ1v) is 7.02. The summed E-state index contributed by atoms with van der Waals surface area (Å²) in [6, 6.07) is 6.16. The van der Waals surface area contributed by atoms with Gasteiger partial charge in [-0.15, -0.1) is 0 Å². The van der Waals surface area contributed by atoms with Gasteiger partial charge in [0.25, 0.3) is 5.91 Å². The number of amides is 1. The number of nitrogens with zero attached hydrogens (tertiary/aromatic N) is 3. The second kappa shape index (κ2) is 5.68. The summed E-state index contributed by atoms with van der Waals surface area (Å²) in [6.45, 7) is 0.0136. The SMILES string of the molecule is Cn1cc(C(=O)NCc2ccccc2F)c(=O)c2cnn(C)c21. The highest BCUT2D eigenvalue weighted by Gasteiger charge is 2.16. The van der Waals surface area contributed by atoms with Crippen LogP contribution >= 0.6 is 0 Å². The molecule has 118 valence electrons. The number of hydrogen-bond donors (Lipinski definition) is 1. The van der Waals surface area contributed by atoms with Gasteiger partial charge in [-0.3, -0.25) is 14.3 Å². The van der Waals surface area contributed by atoms with Crippen LogP contribution in [0.4, 0.5) is 4.39 Å². The van der Waals surface area contributed by atoms with Crippen LogP contribution in [0.15, 0.2) is 41.5 Å². The van der Waals surface area contributed by atoms with Crippen molar-refractivity contribution in [3.8, 4) is 0 Å². The van der Waals surface area contributed by atoms with Crippen molar-refractivity contribution >= 4 is 16.9 Å². The van der Waals surface area contributed by atoms with Crippen LogP contribution in [0.2, 0.25) is 0 Å². The molecule has 6 nitrogen and oxygen atoms in total. The van der Waals surface area contributed by atoms with E-state index in [1.165, 1.54) is 18.5 Å². The first-order chi connectivity index (χ1) is 11.0.